The lowest BCUT2D eigenvalue weighted by molar-refractivity contribution is -0.114. The summed E-state index contributed by atoms with van der Waals surface area (Å²) in [7, 11) is -2.52. The molecule has 0 aliphatic heterocycles. The van der Waals surface area contributed by atoms with E-state index >= 15 is 0 Å². The molecule has 2 aromatic rings. The van der Waals surface area contributed by atoms with E-state index in [4.69, 9.17) is 9.47 Å². The molecule has 0 aliphatic rings. The van der Waals surface area contributed by atoms with Crippen molar-refractivity contribution in [1.82, 2.24) is 0 Å². The summed E-state index contributed by atoms with van der Waals surface area (Å²) < 4.78 is 38.1. The molecule has 0 atom stereocenters. The van der Waals surface area contributed by atoms with Crippen LogP contribution >= 0.6 is 0 Å². The third kappa shape index (κ3) is 5.01. The Morgan fingerprint density at radius 2 is 1.79 bits per heavy atom. The van der Waals surface area contributed by atoms with Crippen molar-refractivity contribution in [2.45, 2.75) is 25.7 Å². The first-order valence-corrected chi connectivity index (χ1v) is 9.92. The molecule has 0 aliphatic carbocycles. The number of benzene rings is 2. The van der Waals surface area contributed by atoms with E-state index in [0.717, 1.165) is 0 Å². The number of methoxy groups -OCH3 is 1. The third-order valence-corrected chi connectivity index (χ3v) is 5.14. The predicted molar refractivity (Wildman–Crippen MR) is 105 cm³/mol. The second kappa shape index (κ2) is 8.75. The largest absolute Gasteiger partial charge is 0.495 e. The summed E-state index contributed by atoms with van der Waals surface area (Å²) >= 11 is 0. The van der Waals surface area contributed by atoms with E-state index in [1.807, 2.05) is 0 Å². The van der Waals surface area contributed by atoms with Crippen molar-refractivity contribution >= 4 is 33.3 Å². The highest BCUT2D eigenvalue weighted by Crippen LogP contribution is 2.29. The van der Waals surface area contributed by atoms with E-state index in [-0.39, 0.29) is 23.1 Å². The first-order chi connectivity index (χ1) is 13.2. The zero-order chi connectivity index (χ0) is 20.9. The molecule has 2 aromatic carbocycles. The van der Waals surface area contributed by atoms with Crippen molar-refractivity contribution in [1.29, 1.82) is 0 Å². The minimum atomic E-state index is -3.94. The lowest BCUT2D eigenvalue weighted by Gasteiger charge is -2.14. The number of ether oxygens (including phenoxy) is 2. The van der Waals surface area contributed by atoms with Gasteiger partial charge < -0.3 is 14.8 Å². The van der Waals surface area contributed by atoms with E-state index in [2.05, 4.69) is 10.0 Å². The average Bonchev–Trinajstić information content (AvgIpc) is 2.63. The number of rotatable bonds is 7. The van der Waals surface area contributed by atoms with Gasteiger partial charge in [-0.3, -0.25) is 9.52 Å². The summed E-state index contributed by atoms with van der Waals surface area (Å²) in [4.78, 5) is 23.1. The Bertz CT molecular complexity index is 1000. The summed E-state index contributed by atoms with van der Waals surface area (Å²) in [6, 6.07) is 8.67. The Morgan fingerprint density at radius 3 is 2.36 bits per heavy atom. The van der Waals surface area contributed by atoms with Gasteiger partial charge in [-0.05, 0) is 55.8 Å². The van der Waals surface area contributed by atoms with Crippen molar-refractivity contribution in [3.8, 4) is 5.75 Å². The smallest absolute Gasteiger partial charge is 0.338 e. The molecule has 0 spiro atoms. The number of carbonyl (C=O) groups is 2. The van der Waals surface area contributed by atoms with Gasteiger partial charge in [-0.25, -0.2) is 13.2 Å². The highest BCUT2D eigenvalue weighted by molar-refractivity contribution is 7.92. The Hall–Kier alpha value is -3.07. The lowest BCUT2D eigenvalue weighted by atomic mass is 10.1. The zero-order valence-corrected chi connectivity index (χ0v) is 16.8. The molecule has 2 N–H and O–H groups in total. The van der Waals surface area contributed by atoms with Crippen LogP contribution in [0.4, 0.5) is 11.4 Å². The van der Waals surface area contributed by atoms with E-state index in [1.165, 1.54) is 44.4 Å². The van der Waals surface area contributed by atoms with Crippen LogP contribution in [0.3, 0.4) is 0 Å². The van der Waals surface area contributed by atoms with Gasteiger partial charge >= 0.3 is 5.97 Å². The van der Waals surface area contributed by atoms with Crippen LogP contribution in [-0.2, 0) is 19.6 Å². The fraction of sp³-hybridized carbons (Fsp3) is 0.263. The van der Waals surface area contributed by atoms with Crippen LogP contribution in [0.1, 0.15) is 29.8 Å². The first kappa shape index (κ1) is 21.2. The monoisotopic (exact) mass is 406 g/mol. The number of carbonyl (C=O) groups excluding carboxylic acids is 2. The van der Waals surface area contributed by atoms with E-state index < -0.39 is 16.0 Å². The number of amides is 1. The van der Waals surface area contributed by atoms with Crippen LogP contribution in [0, 0.1) is 6.92 Å². The number of aryl methyl sites for hydroxylation is 1. The Kier molecular flexibility index (Phi) is 6.63. The summed E-state index contributed by atoms with van der Waals surface area (Å²) in [6.45, 7) is 4.95. The molecule has 0 bridgehead atoms. The van der Waals surface area contributed by atoms with Crippen LogP contribution < -0.4 is 14.8 Å². The molecule has 0 fully saturated rings. The number of sulfonamides is 1. The minimum Gasteiger partial charge on any atom is -0.495 e. The van der Waals surface area contributed by atoms with E-state index in [9.17, 15) is 18.0 Å². The number of hydrogen-bond acceptors (Lipinski definition) is 6. The second-order valence-corrected chi connectivity index (χ2v) is 7.58. The summed E-state index contributed by atoms with van der Waals surface area (Å²) in [6.07, 6.45) is 0. The number of anilines is 2. The average molecular weight is 406 g/mol. The maximum atomic E-state index is 12.8. The van der Waals surface area contributed by atoms with Gasteiger partial charge in [-0.2, -0.15) is 0 Å². The molecule has 0 radical (unpaired) electrons. The third-order valence-electron chi connectivity index (χ3n) is 3.77. The summed E-state index contributed by atoms with van der Waals surface area (Å²) in [5, 5.41) is 2.54. The highest BCUT2D eigenvalue weighted by atomic mass is 32.2. The van der Waals surface area contributed by atoms with Gasteiger partial charge in [0.15, 0.2) is 0 Å². The molecule has 9 heteroatoms. The van der Waals surface area contributed by atoms with Crippen molar-refractivity contribution in [2.24, 2.45) is 0 Å². The van der Waals surface area contributed by atoms with Crippen molar-refractivity contribution in [3.63, 3.8) is 0 Å². The molecule has 150 valence electrons. The minimum absolute atomic E-state index is 0.0501. The van der Waals surface area contributed by atoms with E-state index in [0.29, 0.717) is 22.6 Å². The van der Waals surface area contributed by atoms with Crippen molar-refractivity contribution < 1.29 is 27.5 Å². The fourth-order valence-electron chi connectivity index (χ4n) is 2.46. The topological polar surface area (TPSA) is 111 Å². The maximum absolute atomic E-state index is 12.8. The van der Waals surface area contributed by atoms with Gasteiger partial charge in [-0.1, -0.05) is 0 Å². The van der Waals surface area contributed by atoms with Gasteiger partial charge in [0, 0.05) is 6.92 Å². The molecule has 8 nitrogen and oxygen atoms in total. The van der Waals surface area contributed by atoms with Crippen molar-refractivity contribution in [2.75, 3.05) is 23.8 Å². The molecule has 0 aromatic heterocycles. The standard InChI is InChI=1S/C19H22N2O6S/c1-5-27-19(23)14-6-8-16(12(2)10-14)21-28(24,25)15-7-9-18(26-4)17(11-15)20-13(3)22/h6-11,21H,5H2,1-4H3,(H,20,22). The number of nitrogens with one attached hydrogen (secondary N) is 2. The number of hydrogen-bond donors (Lipinski definition) is 2. The quantitative estimate of drug-likeness (QED) is 0.684. The Labute approximate surface area is 163 Å². The molecule has 0 saturated heterocycles. The first-order valence-electron chi connectivity index (χ1n) is 8.44. The fourth-order valence-corrected chi connectivity index (χ4v) is 3.62. The second-order valence-electron chi connectivity index (χ2n) is 5.90. The van der Waals surface area contributed by atoms with Crippen LogP contribution in [0.5, 0.6) is 5.75 Å². The van der Waals surface area contributed by atoms with Crippen molar-refractivity contribution in [3.05, 3.63) is 47.5 Å². The van der Waals surface area contributed by atoms with Crippen LogP contribution in [0.15, 0.2) is 41.3 Å². The molecule has 2 rings (SSSR count). The molecule has 0 heterocycles. The number of esters is 1. The van der Waals surface area contributed by atoms with Gasteiger partial charge in [0.25, 0.3) is 10.0 Å². The molecular formula is C19H22N2O6S. The summed E-state index contributed by atoms with van der Waals surface area (Å²) in [5.41, 5.74) is 1.46. The lowest BCUT2D eigenvalue weighted by Crippen LogP contribution is -2.15. The molecular weight excluding hydrogens is 384 g/mol. The molecule has 1 amide bonds. The Balaban J connectivity index is 2.33. The predicted octanol–water partition coefficient (Wildman–Crippen LogP) is 2.94. The normalized spacial score (nSPS) is 10.9. The zero-order valence-electron chi connectivity index (χ0n) is 16.0. The van der Waals surface area contributed by atoms with Crippen LogP contribution in [0.2, 0.25) is 0 Å². The summed E-state index contributed by atoms with van der Waals surface area (Å²) in [5.74, 6) is -0.495. The highest BCUT2D eigenvalue weighted by Gasteiger charge is 2.19. The molecule has 0 saturated carbocycles. The maximum Gasteiger partial charge on any atom is 0.338 e. The van der Waals surface area contributed by atoms with Gasteiger partial charge in [-0.15, -0.1) is 0 Å². The van der Waals surface area contributed by atoms with Gasteiger partial charge in [0.2, 0.25) is 5.91 Å². The van der Waals surface area contributed by atoms with Gasteiger partial charge in [0.1, 0.15) is 5.75 Å². The SMILES string of the molecule is CCOC(=O)c1ccc(NS(=O)(=O)c2ccc(OC)c(NC(C)=O)c2)c(C)c1. The van der Waals surface area contributed by atoms with Crippen LogP contribution in [0.25, 0.3) is 0 Å². The Morgan fingerprint density at radius 1 is 1.07 bits per heavy atom. The molecule has 28 heavy (non-hydrogen) atoms. The molecule has 0 unspecified atom stereocenters. The van der Waals surface area contributed by atoms with Gasteiger partial charge in [0.05, 0.1) is 35.6 Å². The van der Waals surface area contributed by atoms with E-state index in [1.54, 1.807) is 19.9 Å². The van der Waals surface area contributed by atoms with Crippen LogP contribution in [-0.4, -0.2) is 34.0 Å².